The van der Waals surface area contributed by atoms with E-state index < -0.39 is 5.82 Å². The number of anilines is 1. The lowest BCUT2D eigenvalue weighted by molar-refractivity contribution is -0.121. The maximum absolute atomic E-state index is 13.6. The highest BCUT2D eigenvalue weighted by Gasteiger charge is 2.06. The molecule has 0 bridgehead atoms. The van der Waals surface area contributed by atoms with Crippen molar-refractivity contribution in [3.05, 3.63) is 29.6 Å². The summed E-state index contributed by atoms with van der Waals surface area (Å²) in [5, 5.41) is 5.65. The van der Waals surface area contributed by atoms with E-state index in [1.807, 2.05) is 0 Å². The van der Waals surface area contributed by atoms with Crippen LogP contribution in [-0.4, -0.2) is 37.7 Å². The number of methoxy groups -OCH3 is 1. The monoisotopic (exact) mass is 299 g/mol. The number of amides is 1. The molecule has 1 aromatic rings. The van der Waals surface area contributed by atoms with Crippen LogP contribution in [0.25, 0.3) is 0 Å². The molecule has 0 atom stereocenters. The van der Waals surface area contributed by atoms with Gasteiger partial charge in [0.05, 0.1) is 6.61 Å². The number of carbonyl (C=O) groups excluding carboxylic acids is 1. The molecule has 4 N–H and O–H groups in total. The summed E-state index contributed by atoms with van der Waals surface area (Å²) in [5.41, 5.74) is 6.16. The topological polar surface area (TPSA) is 76.4 Å². The van der Waals surface area contributed by atoms with Crippen LogP contribution >= 0.6 is 12.2 Å². The molecule has 5 nitrogen and oxygen atoms in total. The Morgan fingerprint density at radius 2 is 2.20 bits per heavy atom. The van der Waals surface area contributed by atoms with Crippen molar-refractivity contribution in [2.75, 3.05) is 32.1 Å². The highest BCUT2D eigenvalue weighted by Crippen LogP contribution is 2.14. The average molecular weight is 299 g/mol. The predicted octanol–water partition coefficient (Wildman–Crippen LogP) is 1.02. The third kappa shape index (κ3) is 5.50. The van der Waals surface area contributed by atoms with Gasteiger partial charge in [-0.1, -0.05) is 12.2 Å². The first-order valence-electron chi connectivity index (χ1n) is 6.13. The van der Waals surface area contributed by atoms with Gasteiger partial charge >= 0.3 is 0 Å². The lowest BCUT2D eigenvalue weighted by Gasteiger charge is -2.08. The summed E-state index contributed by atoms with van der Waals surface area (Å²) in [6, 6.07) is 4.48. The normalized spacial score (nSPS) is 10.1. The molecule has 0 fully saturated rings. The third-order valence-corrected chi connectivity index (χ3v) is 2.76. The van der Waals surface area contributed by atoms with Gasteiger partial charge in [-0.2, -0.15) is 0 Å². The Bertz CT molecular complexity index is 483. The maximum Gasteiger partial charge on any atom is 0.221 e. The van der Waals surface area contributed by atoms with E-state index in [1.54, 1.807) is 13.2 Å². The fourth-order valence-electron chi connectivity index (χ4n) is 1.53. The van der Waals surface area contributed by atoms with E-state index in [9.17, 15) is 9.18 Å². The Hall–Kier alpha value is -1.73. The van der Waals surface area contributed by atoms with Crippen molar-refractivity contribution in [1.82, 2.24) is 5.32 Å². The highest BCUT2D eigenvalue weighted by molar-refractivity contribution is 7.80. The number of ether oxygens (including phenoxy) is 1. The second-order valence-corrected chi connectivity index (χ2v) is 4.52. The molecule has 0 aliphatic heterocycles. The molecule has 0 aromatic heterocycles. The van der Waals surface area contributed by atoms with E-state index in [4.69, 9.17) is 22.7 Å². The minimum absolute atomic E-state index is 0.0200. The van der Waals surface area contributed by atoms with E-state index in [-0.39, 0.29) is 16.5 Å². The number of thiocarbonyl (C=S) groups is 1. The quantitative estimate of drug-likeness (QED) is 0.494. The summed E-state index contributed by atoms with van der Waals surface area (Å²) in [5.74, 6) is -0.568. The molecule has 0 saturated heterocycles. The van der Waals surface area contributed by atoms with Crippen LogP contribution in [0.1, 0.15) is 12.0 Å². The molecule has 1 rings (SSSR count). The minimum Gasteiger partial charge on any atom is -0.389 e. The third-order valence-electron chi connectivity index (χ3n) is 2.54. The van der Waals surface area contributed by atoms with Crippen molar-refractivity contribution in [1.29, 1.82) is 0 Å². The minimum atomic E-state index is -0.480. The summed E-state index contributed by atoms with van der Waals surface area (Å²) in [6.45, 7) is 1.36. The van der Waals surface area contributed by atoms with Gasteiger partial charge in [-0.25, -0.2) is 4.39 Å². The molecule has 0 heterocycles. The molecule has 7 heteroatoms. The summed E-state index contributed by atoms with van der Waals surface area (Å²) >= 11 is 4.72. The molecule has 1 amide bonds. The fourth-order valence-corrected chi connectivity index (χ4v) is 1.69. The molecule has 110 valence electrons. The maximum atomic E-state index is 13.6. The largest absolute Gasteiger partial charge is 0.389 e. The molecule has 0 saturated carbocycles. The molecule has 20 heavy (non-hydrogen) atoms. The van der Waals surface area contributed by atoms with Gasteiger partial charge in [-0.05, 0) is 18.2 Å². The zero-order chi connectivity index (χ0) is 15.0. The van der Waals surface area contributed by atoms with Crippen LogP contribution < -0.4 is 16.4 Å². The first-order valence-corrected chi connectivity index (χ1v) is 6.54. The van der Waals surface area contributed by atoms with E-state index >= 15 is 0 Å². The number of carbonyl (C=O) groups is 1. The highest BCUT2D eigenvalue weighted by atomic mass is 32.1. The van der Waals surface area contributed by atoms with Crippen LogP contribution in [0.3, 0.4) is 0 Å². The van der Waals surface area contributed by atoms with Crippen molar-refractivity contribution in [3.63, 3.8) is 0 Å². The van der Waals surface area contributed by atoms with Crippen LogP contribution in [0, 0.1) is 5.82 Å². The summed E-state index contributed by atoms with van der Waals surface area (Å²) in [6.07, 6.45) is 0.294. The van der Waals surface area contributed by atoms with Crippen LogP contribution in [0.2, 0.25) is 0 Å². The van der Waals surface area contributed by atoms with Crippen molar-refractivity contribution < 1.29 is 13.9 Å². The molecule has 1 aromatic carbocycles. The number of hydrogen-bond donors (Lipinski definition) is 3. The van der Waals surface area contributed by atoms with Crippen molar-refractivity contribution in [2.24, 2.45) is 5.73 Å². The fraction of sp³-hybridized carbons (Fsp3) is 0.385. The average Bonchev–Trinajstić information content (AvgIpc) is 2.38. The summed E-state index contributed by atoms with van der Waals surface area (Å²) in [7, 11) is 1.57. The van der Waals surface area contributed by atoms with Crippen molar-refractivity contribution in [2.45, 2.75) is 6.42 Å². The molecule has 0 spiro atoms. The molecule has 0 radical (unpaired) electrons. The van der Waals surface area contributed by atoms with Crippen LogP contribution in [-0.2, 0) is 9.53 Å². The number of hydrogen-bond acceptors (Lipinski definition) is 4. The molecular formula is C13H18FN3O2S. The second-order valence-electron chi connectivity index (χ2n) is 4.08. The zero-order valence-corrected chi connectivity index (χ0v) is 12.1. The van der Waals surface area contributed by atoms with Gasteiger partial charge in [-0.15, -0.1) is 0 Å². The van der Waals surface area contributed by atoms with E-state index in [2.05, 4.69) is 10.6 Å². The van der Waals surface area contributed by atoms with E-state index in [1.165, 1.54) is 12.1 Å². The Kier molecular flexibility index (Phi) is 6.89. The van der Waals surface area contributed by atoms with Crippen LogP contribution in [0.15, 0.2) is 18.2 Å². The summed E-state index contributed by atoms with van der Waals surface area (Å²) < 4.78 is 18.4. The van der Waals surface area contributed by atoms with Gasteiger partial charge in [0, 0.05) is 37.9 Å². The Morgan fingerprint density at radius 1 is 1.45 bits per heavy atom. The molecule has 0 unspecified atom stereocenters. The van der Waals surface area contributed by atoms with Gasteiger partial charge in [0.15, 0.2) is 0 Å². The molecule has 0 aliphatic carbocycles. The standard InChI is InChI=1S/C13H18FN3O2S/c1-19-7-6-17-12(18)4-5-16-9-2-3-10(13(15)20)11(14)8-9/h2-3,8,16H,4-7H2,1H3,(H2,15,20)(H,17,18). The number of nitrogens with two attached hydrogens (primary N) is 1. The van der Waals surface area contributed by atoms with Gasteiger partial charge in [0.1, 0.15) is 10.8 Å². The number of halogens is 1. The number of rotatable bonds is 8. The second kappa shape index (κ2) is 8.44. The molecular weight excluding hydrogens is 281 g/mol. The number of benzene rings is 1. The Morgan fingerprint density at radius 3 is 2.80 bits per heavy atom. The van der Waals surface area contributed by atoms with E-state index in [0.717, 1.165) is 0 Å². The Balaban J connectivity index is 2.37. The first kappa shape index (κ1) is 16.3. The van der Waals surface area contributed by atoms with Gasteiger partial charge in [0.2, 0.25) is 5.91 Å². The van der Waals surface area contributed by atoms with Gasteiger partial charge in [-0.3, -0.25) is 4.79 Å². The van der Waals surface area contributed by atoms with Crippen LogP contribution in [0.4, 0.5) is 10.1 Å². The SMILES string of the molecule is COCCNC(=O)CCNc1ccc(C(N)=S)c(F)c1. The predicted molar refractivity (Wildman–Crippen MR) is 80.3 cm³/mol. The first-order chi connectivity index (χ1) is 9.54. The summed E-state index contributed by atoms with van der Waals surface area (Å²) in [4.78, 5) is 11.4. The lowest BCUT2D eigenvalue weighted by Crippen LogP contribution is -2.28. The number of nitrogens with one attached hydrogen (secondary N) is 2. The molecule has 0 aliphatic rings. The zero-order valence-electron chi connectivity index (χ0n) is 11.2. The van der Waals surface area contributed by atoms with E-state index in [0.29, 0.717) is 31.8 Å². The van der Waals surface area contributed by atoms with Gasteiger partial charge < -0.3 is 21.1 Å². The van der Waals surface area contributed by atoms with Crippen molar-refractivity contribution in [3.8, 4) is 0 Å². The Labute approximate surface area is 122 Å². The van der Waals surface area contributed by atoms with Crippen LogP contribution in [0.5, 0.6) is 0 Å². The van der Waals surface area contributed by atoms with Gasteiger partial charge in [0.25, 0.3) is 0 Å². The lowest BCUT2D eigenvalue weighted by atomic mass is 10.2. The van der Waals surface area contributed by atoms with Crippen molar-refractivity contribution >= 4 is 28.8 Å². The smallest absolute Gasteiger partial charge is 0.221 e.